The summed E-state index contributed by atoms with van der Waals surface area (Å²) >= 11 is 12.1. The topological polar surface area (TPSA) is 12.0 Å². The first-order chi connectivity index (χ1) is 8.61. The Labute approximate surface area is 116 Å². The van der Waals surface area contributed by atoms with Crippen LogP contribution in [0.25, 0.3) is 11.1 Å². The molecule has 1 N–H and O–H groups in total. The molecule has 0 aliphatic carbocycles. The SMILES string of the molecule is CNCc1cc(F)ccc1-c1ccc(Cl)cc1Cl. The van der Waals surface area contributed by atoms with Gasteiger partial charge in [0.05, 0.1) is 0 Å². The van der Waals surface area contributed by atoms with Crippen molar-refractivity contribution in [1.29, 1.82) is 0 Å². The summed E-state index contributed by atoms with van der Waals surface area (Å²) in [7, 11) is 1.82. The third-order valence-corrected chi connectivity index (χ3v) is 3.20. The van der Waals surface area contributed by atoms with Crippen molar-refractivity contribution in [1.82, 2.24) is 5.32 Å². The summed E-state index contributed by atoms with van der Waals surface area (Å²) in [4.78, 5) is 0. The van der Waals surface area contributed by atoms with Crippen LogP contribution < -0.4 is 5.32 Å². The normalized spacial score (nSPS) is 10.7. The van der Waals surface area contributed by atoms with Crippen molar-refractivity contribution in [3.05, 3.63) is 57.8 Å². The average molecular weight is 284 g/mol. The lowest BCUT2D eigenvalue weighted by atomic mass is 9.99. The molecule has 0 unspecified atom stereocenters. The quantitative estimate of drug-likeness (QED) is 0.873. The van der Waals surface area contributed by atoms with Gasteiger partial charge in [-0.25, -0.2) is 4.39 Å². The predicted octanol–water partition coefficient (Wildman–Crippen LogP) is 4.52. The second-order valence-corrected chi connectivity index (χ2v) is 4.80. The van der Waals surface area contributed by atoms with Crippen molar-refractivity contribution in [3.8, 4) is 11.1 Å². The van der Waals surface area contributed by atoms with Gasteiger partial charge in [-0.2, -0.15) is 0 Å². The van der Waals surface area contributed by atoms with Crippen LogP contribution in [0.5, 0.6) is 0 Å². The molecule has 0 atom stereocenters. The van der Waals surface area contributed by atoms with E-state index in [0.29, 0.717) is 16.6 Å². The molecule has 0 aromatic heterocycles. The lowest BCUT2D eigenvalue weighted by Crippen LogP contribution is -2.06. The highest BCUT2D eigenvalue weighted by Gasteiger charge is 2.09. The highest BCUT2D eigenvalue weighted by atomic mass is 35.5. The van der Waals surface area contributed by atoms with Gasteiger partial charge in [0.25, 0.3) is 0 Å². The van der Waals surface area contributed by atoms with E-state index in [1.807, 2.05) is 13.1 Å². The zero-order valence-corrected chi connectivity index (χ0v) is 11.3. The zero-order chi connectivity index (χ0) is 13.1. The Hall–Kier alpha value is -1.09. The van der Waals surface area contributed by atoms with Crippen molar-refractivity contribution in [3.63, 3.8) is 0 Å². The third-order valence-electron chi connectivity index (χ3n) is 2.66. The van der Waals surface area contributed by atoms with E-state index in [9.17, 15) is 4.39 Å². The van der Waals surface area contributed by atoms with Gasteiger partial charge < -0.3 is 5.32 Å². The van der Waals surface area contributed by atoms with Gasteiger partial charge in [-0.3, -0.25) is 0 Å². The van der Waals surface area contributed by atoms with Crippen molar-refractivity contribution >= 4 is 23.2 Å². The van der Waals surface area contributed by atoms with Crippen LogP contribution in [0, 0.1) is 5.82 Å². The molecule has 0 heterocycles. The number of nitrogens with one attached hydrogen (secondary N) is 1. The fourth-order valence-corrected chi connectivity index (χ4v) is 2.38. The molecular weight excluding hydrogens is 272 g/mol. The lowest BCUT2D eigenvalue weighted by Gasteiger charge is -2.11. The number of benzene rings is 2. The molecule has 0 saturated carbocycles. The van der Waals surface area contributed by atoms with E-state index >= 15 is 0 Å². The summed E-state index contributed by atoms with van der Waals surface area (Å²) in [5.41, 5.74) is 2.63. The molecule has 0 aliphatic rings. The van der Waals surface area contributed by atoms with Gasteiger partial charge in [-0.1, -0.05) is 35.3 Å². The standard InChI is InChI=1S/C14H12Cl2FN/c1-18-8-9-6-11(17)3-5-12(9)13-4-2-10(15)7-14(13)16/h2-7,18H,8H2,1H3. The fraction of sp³-hybridized carbons (Fsp3) is 0.143. The Morgan fingerprint density at radius 1 is 1.06 bits per heavy atom. The van der Waals surface area contributed by atoms with Gasteiger partial charge in [0.15, 0.2) is 0 Å². The molecule has 0 radical (unpaired) electrons. The maximum Gasteiger partial charge on any atom is 0.123 e. The van der Waals surface area contributed by atoms with Crippen molar-refractivity contribution < 1.29 is 4.39 Å². The molecule has 2 rings (SSSR count). The van der Waals surface area contributed by atoms with Gasteiger partial charge in [-0.05, 0) is 42.4 Å². The minimum absolute atomic E-state index is 0.255. The first kappa shape index (κ1) is 13.3. The number of hydrogen-bond acceptors (Lipinski definition) is 1. The largest absolute Gasteiger partial charge is 0.316 e. The van der Waals surface area contributed by atoms with E-state index in [-0.39, 0.29) is 5.82 Å². The highest BCUT2D eigenvalue weighted by Crippen LogP contribution is 2.32. The zero-order valence-electron chi connectivity index (χ0n) is 9.81. The molecule has 1 nitrogen and oxygen atoms in total. The number of halogens is 3. The van der Waals surface area contributed by atoms with Gasteiger partial charge in [-0.15, -0.1) is 0 Å². The molecule has 0 aliphatic heterocycles. The van der Waals surface area contributed by atoms with Crippen LogP contribution in [0.4, 0.5) is 4.39 Å². The van der Waals surface area contributed by atoms with Gasteiger partial charge in [0.2, 0.25) is 0 Å². The summed E-state index contributed by atoms with van der Waals surface area (Å²) < 4.78 is 13.3. The van der Waals surface area contributed by atoms with Crippen LogP contribution >= 0.6 is 23.2 Å². The molecule has 0 fully saturated rings. The summed E-state index contributed by atoms with van der Waals surface area (Å²) in [6.45, 7) is 0.575. The van der Waals surface area contributed by atoms with Gasteiger partial charge in [0, 0.05) is 22.2 Å². The molecule has 2 aromatic carbocycles. The first-order valence-electron chi connectivity index (χ1n) is 5.50. The fourth-order valence-electron chi connectivity index (χ4n) is 1.87. The van der Waals surface area contributed by atoms with E-state index in [2.05, 4.69) is 5.32 Å². The molecule has 18 heavy (non-hydrogen) atoms. The Balaban J connectivity index is 2.55. The highest BCUT2D eigenvalue weighted by molar-refractivity contribution is 6.36. The molecule has 0 saturated heterocycles. The van der Waals surface area contributed by atoms with Crippen LogP contribution in [-0.4, -0.2) is 7.05 Å². The summed E-state index contributed by atoms with van der Waals surface area (Å²) in [6, 6.07) is 9.98. The maximum atomic E-state index is 13.3. The van der Waals surface area contributed by atoms with E-state index < -0.39 is 0 Å². The molecule has 2 aromatic rings. The lowest BCUT2D eigenvalue weighted by molar-refractivity contribution is 0.624. The molecule has 0 amide bonds. The predicted molar refractivity (Wildman–Crippen MR) is 74.6 cm³/mol. The molecule has 0 bridgehead atoms. The Morgan fingerprint density at radius 2 is 1.78 bits per heavy atom. The van der Waals surface area contributed by atoms with Crippen molar-refractivity contribution in [2.24, 2.45) is 0 Å². The molecule has 4 heteroatoms. The van der Waals surface area contributed by atoms with Crippen LogP contribution in [0.1, 0.15) is 5.56 Å². The van der Waals surface area contributed by atoms with Crippen LogP contribution in [0.2, 0.25) is 10.0 Å². The second kappa shape index (κ2) is 5.70. The Bertz CT molecular complexity index is 570. The Morgan fingerprint density at radius 3 is 2.44 bits per heavy atom. The van der Waals surface area contributed by atoms with Crippen LogP contribution in [0.15, 0.2) is 36.4 Å². The maximum absolute atomic E-state index is 13.3. The van der Waals surface area contributed by atoms with Gasteiger partial charge in [0.1, 0.15) is 5.82 Å². The van der Waals surface area contributed by atoms with E-state index in [0.717, 1.165) is 16.7 Å². The second-order valence-electron chi connectivity index (χ2n) is 3.96. The van der Waals surface area contributed by atoms with Crippen LogP contribution in [0.3, 0.4) is 0 Å². The molecular formula is C14H12Cl2FN. The van der Waals surface area contributed by atoms with Gasteiger partial charge >= 0.3 is 0 Å². The summed E-state index contributed by atoms with van der Waals surface area (Å²) in [6.07, 6.45) is 0. The van der Waals surface area contributed by atoms with E-state index in [4.69, 9.17) is 23.2 Å². The van der Waals surface area contributed by atoms with Crippen molar-refractivity contribution in [2.45, 2.75) is 6.54 Å². The van der Waals surface area contributed by atoms with Crippen molar-refractivity contribution in [2.75, 3.05) is 7.05 Å². The molecule has 94 valence electrons. The summed E-state index contributed by atoms with van der Waals surface area (Å²) in [5, 5.41) is 4.16. The monoisotopic (exact) mass is 283 g/mol. The number of rotatable bonds is 3. The molecule has 0 spiro atoms. The minimum atomic E-state index is -0.255. The third kappa shape index (κ3) is 2.83. The average Bonchev–Trinajstić information content (AvgIpc) is 2.31. The van der Waals surface area contributed by atoms with Crippen LogP contribution in [-0.2, 0) is 6.54 Å². The number of hydrogen-bond donors (Lipinski definition) is 1. The minimum Gasteiger partial charge on any atom is -0.316 e. The smallest absolute Gasteiger partial charge is 0.123 e. The summed E-state index contributed by atoms with van der Waals surface area (Å²) in [5.74, 6) is -0.255. The van der Waals surface area contributed by atoms with E-state index in [1.54, 1.807) is 18.2 Å². The first-order valence-corrected chi connectivity index (χ1v) is 6.26. The van der Waals surface area contributed by atoms with E-state index in [1.165, 1.54) is 12.1 Å². The Kier molecular flexibility index (Phi) is 4.23.